The fourth-order valence-electron chi connectivity index (χ4n) is 3.58. The van der Waals surface area contributed by atoms with Gasteiger partial charge in [-0.1, -0.05) is 50.4 Å². The Morgan fingerprint density at radius 1 is 0.900 bits per heavy atom. The number of amides is 1. The van der Waals surface area contributed by atoms with Crippen molar-refractivity contribution in [2.24, 2.45) is 5.18 Å². The molecule has 5 nitrogen and oxygen atoms in total. The van der Waals surface area contributed by atoms with Crippen molar-refractivity contribution in [3.05, 3.63) is 75.4 Å². The second kappa shape index (κ2) is 19.1. The second-order valence-corrected chi connectivity index (χ2v) is 8.98. The van der Waals surface area contributed by atoms with Gasteiger partial charge in [0, 0.05) is 7.05 Å². The number of carbonyl (C=O) groups is 1. The van der Waals surface area contributed by atoms with E-state index in [-0.39, 0.29) is 11.9 Å². The summed E-state index contributed by atoms with van der Waals surface area (Å²) >= 11 is 0. The Balaban J connectivity index is 0.000000580. The Kier molecular flexibility index (Phi) is 17.7. The molecule has 1 fully saturated rings. The smallest absolute Gasteiger partial charge is 0.362 e. The van der Waals surface area contributed by atoms with E-state index in [0.29, 0.717) is 24.5 Å². The predicted molar refractivity (Wildman–Crippen MR) is 142 cm³/mol. The molecule has 0 aliphatic heterocycles. The van der Waals surface area contributed by atoms with Gasteiger partial charge in [0.05, 0.1) is 11.1 Å². The standard InChI is InChI=1S/C12H15F.C9H5F6NO.C5H13N.C2H5NO/c13-12-8-6-11(7-9-12)10-4-2-1-3-5-10;10-8(11,12)6-1-5(4-16-17)2-7(3-6)9(13,14)15;1-4-6(3)5-2;1-3-2-4/h6-10H,1-5H2;1-3H,4H2;4-5H2,1-3H3;2H,1H3,(H,3,4). The molecule has 2 aromatic carbocycles. The highest BCUT2D eigenvalue weighted by molar-refractivity contribution is 5.44. The Labute approximate surface area is 231 Å². The number of carbonyl (C=O) groups excluding carboxylic acids is 1. The molecule has 0 bridgehead atoms. The molecule has 1 saturated carbocycles. The van der Waals surface area contributed by atoms with Crippen LogP contribution in [-0.4, -0.2) is 38.5 Å². The van der Waals surface area contributed by atoms with E-state index >= 15 is 0 Å². The zero-order valence-electron chi connectivity index (χ0n) is 23.2. The maximum atomic E-state index is 12.7. The van der Waals surface area contributed by atoms with Gasteiger partial charge in [-0.15, -0.1) is 0 Å². The van der Waals surface area contributed by atoms with E-state index in [2.05, 4.69) is 36.3 Å². The van der Waals surface area contributed by atoms with Crippen molar-refractivity contribution in [1.29, 1.82) is 0 Å². The summed E-state index contributed by atoms with van der Waals surface area (Å²) in [5.74, 6) is 0.564. The summed E-state index contributed by atoms with van der Waals surface area (Å²) in [7, 11) is 3.67. The minimum absolute atomic E-state index is 0.00565. The largest absolute Gasteiger partial charge is 0.416 e. The lowest BCUT2D eigenvalue weighted by Crippen LogP contribution is -2.15. The monoisotopic (exact) mass is 581 g/mol. The SMILES string of the molecule is CCN(C)CC.CNC=O.Fc1ccc(C2CCCCC2)cc1.O=NCc1cc(C(F)(F)F)cc(C(F)(F)F)c1. The van der Waals surface area contributed by atoms with E-state index in [1.54, 1.807) is 19.2 Å². The van der Waals surface area contributed by atoms with Gasteiger partial charge in [-0.2, -0.15) is 31.2 Å². The van der Waals surface area contributed by atoms with Crippen LogP contribution in [0.25, 0.3) is 0 Å². The number of nitrogens with zero attached hydrogens (tertiary/aromatic N) is 2. The summed E-state index contributed by atoms with van der Waals surface area (Å²) in [6.07, 6.45) is -2.57. The van der Waals surface area contributed by atoms with Gasteiger partial charge in [0.25, 0.3) is 0 Å². The molecule has 0 aromatic heterocycles. The van der Waals surface area contributed by atoms with Crippen LogP contribution in [-0.2, 0) is 23.7 Å². The first kappa shape index (κ1) is 37.0. The Hall–Kier alpha value is -3.02. The molecule has 3 rings (SSSR count). The van der Waals surface area contributed by atoms with Crippen molar-refractivity contribution in [1.82, 2.24) is 10.2 Å². The number of nitrogens with one attached hydrogen (secondary N) is 1. The minimum Gasteiger partial charge on any atom is -0.362 e. The van der Waals surface area contributed by atoms with E-state index < -0.39 is 35.6 Å². The molecule has 0 unspecified atom stereocenters. The lowest BCUT2D eigenvalue weighted by Gasteiger charge is -2.21. The number of halogens is 7. The fourth-order valence-corrected chi connectivity index (χ4v) is 3.58. The predicted octanol–water partition coefficient (Wildman–Crippen LogP) is 8.18. The first-order chi connectivity index (χ1) is 18.7. The first-order valence-electron chi connectivity index (χ1n) is 12.9. The molecular formula is C28H38F7N3O2. The summed E-state index contributed by atoms with van der Waals surface area (Å²) in [4.78, 5) is 21.2. The molecule has 226 valence electrons. The molecule has 1 aliphatic carbocycles. The van der Waals surface area contributed by atoms with Gasteiger partial charge in [0.2, 0.25) is 6.41 Å². The van der Waals surface area contributed by atoms with Crippen LogP contribution in [0.5, 0.6) is 0 Å². The summed E-state index contributed by atoms with van der Waals surface area (Å²) in [5, 5.41) is 4.52. The zero-order chi connectivity index (χ0) is 30.8. The Morgan fingerprint density at radius 3 is 1.68 bits per heavy atom. The summed E-state index contributed by atoms with van der Waals surface area (Å²) in [5.41, 5.74) is -2.01. The molecule has 2 aromatic rings. The number of nitroso groups, excluding NO2 is 1. The molecule has 0 heterocycles. The van der Waals surface area contributed by atoms with Gasteiger partial charge in [0.1, 0.15) is 12.4 Å². The van der Waals surface area contributed by atoms with Crippen LogP contribution in [0.4, 0.5) is 30.7 Å². The second-order valence-electron chi connectivity index (χ2n) is 8.98. The van der Waals surface area contributed by atoms with Gasteiger partial charge in [0.15, 0.2) is 0 Å². The topological polar surface area (TPSA) is 61.8 Å². The Morgan fingerprint density at radius 2 is 1.35 bits per heavy atom. The van der Waals surface area contributed by atoms with Gasteiger partial charge in [-0.25, -0.2) is 4.39 Å². The third kappa shape index (κ3) is 15.5. The summed E-state index contributed by atoms with van der Waals surface area (Å²) in [6, 6.07) is 7.95. The highest BCUT2D eigenvalue weighted by Crippen LogP contribution is 2.36. The molecule has 1 aliphatic rings. The number of benzene rings is 2. The lowest BCUT2D eigenvalue weighted by molar-refractivity contribution is -0.143. The number of alkyl halides is 6. The van der Waals surface area contributed by atoms with Crippen molar-refractivity contribution in [2.75, 3.05) is 27.2 Å². The highest BCUT2D eigenvalue weighted by atomic mass is 19.4. The van der Waals surface area contributed by atoms with Gasteiger partial charge in [-0.05, 0) is 80.4 Å². The van der Waals surface area contributed by atoms with Crippen LogP contribution in [0, 0.1) is 10.7 Å². The van der Waals surface area contributed by atoms with Crippen LogP contribution in [0.1, 0.15) is 74.1 Å². The molecule has 0 spiro atoms. The highest BCUT2D eigenvalue weighted by Gasteiger charge is 2.36. The van der Waals surface area contributed by atoms with Gasteiger partial charge >= 0.3 is 12.4 Å². The van der Waals surface area contributed by atoms with E-state index in [0.717, 1.165) is 13.1 Å². The molecule has 1 amide bonds. The normalized spacial score (nSPS) is 13.5. The molecule has 1 N–H and O–H groups in total. The number of rotatable bonds is 6. The molecule has 0 radical (unpaired) electrons. The molecule has 40 heavy (non-hydrogen) atoms. The van der Waals surface area contributed by atoms with Crippen molar-refractivity contribution in [2.45, 2.75) is 70.8 Å². The van der Waals surface area contributed by atoms with Crippen LogP contribution < -0.4 is 5.32 Å². The van der Waals surface area contributed by atoms with Gasteiger partial charge < -0.3 is 10.2 Å². The van der Waals surface area contributed by atoms with Crippen molar-refractivity contribution in [3.8, 4) is 0 Å². The minimum atomic E-state index is -4.90. The molecule has 12 heteroatoms. The Bertz CT molecular complexity index is 939. The average Bonchev–Trinajstić information content (AvgIpc) is 2.93. The van der Waals surface area contributed by atoms with Crippen molar-refractivity contribution in [3.63, 3.8) is 0 Å². The third-order valence-electron chi connectivity index (χ3n) is 6.04. The molecule has 0 saturated heterocycles. The quantitative estimate of drug-likeness (QED) is 0.213. The maximum absolute atomic E-state index is 12.7. The van der Waals surface area contributed by atoms with Crippen LogP contribution >= 0.6 is 0 Å². The van der Waals surface area contributed by atoms with E-state index in [1.165, 1.54) is 37.7 Å². The number of hydrogen-bond acceptors (Lipinski definition) is 4. The first-order valence-corrected chi connectivity index (χ1v) is 12.9. The van der Waals surface area contributed by atoms with Crippen molar-refractivity contribution >= 4 is 6.41 Å². The van der Waals surface area contributed by atoms with Crippen LogP contribution in [0.2, 0.25) is 0 Å². The van der Waals surface area contributed by atoms with Gasteiger partial charge in [-0.3, -0.25) is 4.79 Å². The van der Waals surface area contributed by atoms with Crippen LogP contribution in [0.3, 0.4) is 0 Å². The third-order valence-corrected chi connectivity index (χ3v) is 6.04. The number of hydrogen-bond donors (Lipinski definition) is 1. The lowest BCUT2D eigenvalue weighted by atomic mass is 9.84. The average molecular weight is 582 g/mol. The van der Waals surface area contributed by atoms with E-state index in [4.69, 9.17) is 4.79 Å². The summed E-state index contributed by atoms with van der Waals surface area (Å²) in [6.45, 7) is 5.90. The molecular weight excluding hydrogens is 543 g/mol. The molecule has 0 atom stereocenters. The van der Waals surface area contributed by atoms with Crippen LogP contribution in [0.15, 0.2) is 47.6 Å². The van der Waals surface area contributed by atoms with Crippen molar-refractivity contribution < 1.29 is 35.5 Å². The maximum Gasteiger partial charge on any atom is 0.416 e. The van der Waals surface area contributed by atoms with E-state index in [1.807, 2.05) is 12.1 Å². The summed E-state index contributed by atoms with van der Waals surface area (Å²) < 4.78 is 86.5. The van der Waals surface area contributed by atoms with E-state index in [9.17, 15) is 35.6 Å². The zero-order valence-corrected chi connectivity index (χ0v) is 23.2. The fraction of sp³-hybridized carbons (Fsp3) is 0.536.